The van der Waals surface area contributed by atoms with E-state index in [2.05, 4.69) is 6.58 Å². The highest BCUT2D eigenvalue weighted by Crippen LogP contribution is 2.36. The molecule has 3 unspecified atom stereocenters. The molecule has 0 aromatic heterocycles. The predicted octanol–water partition coefficient (Wildman–Crippen LogP) is 2.47. The fourth-order valence-electron chi connectivity index (χ4n) is 2.23. The minimum atomic E-state index is -0.815. The highest BCUT2D eigenvalue weighted by molar-refractivity contribution is 5.09. The molecule has 1 nitrogen and oxygen atoms in total. The van der Waals surface area contributed by atoms with Crippen LogP contribution in [0.2, 0.25) is 0 Å². The third-order valence-electron chi connectivity index (χ3n) is 2.98. The molecule has 1 saturated carbocycles. The van der Waals surface area contributed by atoms with Gasteiger partial charge in [0, 0.05) is 13.0 Å². The third-order valence-corrected chi connectivity index (χ3v) is 2.98. The molecular formula is C10H15FO. The molecule has 0 amide bonds. The number of ether oxygens (including phenoxy) is 1. The molecule has 1 saturated heterocycles. The van der Waals surface area contributed by atoms with E-state index in [0.717, 1.165) is 25.0 Å². The van der Waals surface area contributed by atoms with Gasteiger partial charge in [0.2, 0.25) is 0 Å². The summed E-state index contributed by atoms with van der Waals surface area (Å²) in [4.78, 5) is 0. The first kappa shape index (κ1) is 8.24. The summed E-state index contributed by atoms with van der Waals surface area (Å²) in [5, 5.41) is 0. The van der Waals surface area contributed by atoms with Crippen LogP contribution >= 0.6 is 0 Å². The second-order valence-corrected chi connectivity index (χ2v) is 3.88. The van der Waals surface area contributed by atoms with Crippen molar-refractivity contribution in [3.05, 3.63) is 12.2 Å². The summed E-state index contributed by atoms with van der Waals surface area (Å²) in [7, 11) is 0. The van der Waals surface area contributed by atoms with Crippen LogP contribution in [0.15, 0.2) is 12.2 Å². The van der Waals surface area contributed by atoms with Gasteiger partial charge in [0.15, 0.2) is 0 Å². The molecule has 0 N–H and O–H groups in total. The topological polar surface area (TPSA) is 9.23 Å². The molecule has 12 heavy (non-hydrogen) atoms. The van der Waals surface area contributed by atoms with Crippen molar-refractivity contribution in [1.29, 1.82) is 0 Å². The second-order valence-electron chi connectivity index (χ2n) is 3.88. The predicted molar refractivity (Wildman–Crippen MR) is 45.7 cm³/mol. The Labute approximate surface area is 72.6 Å². The van der Waals surface area contributed by atoms with Crippen molar-refractivity contribution in [1.82, 2.24) is 0 Å². The highest BCUT2D eigenvalue weighted by Gasteiger charge is 2.34. The minimum absolute atomic E-state index is 0.180. The van der Waals surface area contributed by atoms with Crippen LogP contribution in [-0.4, -0.2) is 18.9 Å². The van der Waals surface area contributed by atoms with Gasteiger partial charge in [-0.25, -0.2) is 4.39 Å². The van der Waals surface area contributed by atoms with Crippen molar-refractivity contribution in [2.24, 2.45) is 5.92 Å². The number of alkyl halides is 1. The van der Waals surface area contributed by atoms with Crippen molar-refractivity contribution < 1.29 is 9.13 Å². The Morgan fingerprint density at radius 1 is 1.50 bits per heavy atom. The first-order valence-corrected chi connectivity index (χ1v) is 4.70. The standard InChI is InChI=1S/C10H15FO/c1-7-5-8-3-2-4-12-10(8)6-9(7)11/h8-10H,1-6H2. The van der Waals surface area contributed by atoms with Gasteiger partial charge in [-0.05, 0) is 30.8 Å². The van der Waals surface area contributed by atoms with Gasteiger partial charge in [0.1, 0.15) is 6.17 Å². The SMILES string of the molecule is C=C1CC2CCCOC2CC1F. The van der Waals surface area contributed by atoms with Crippen LogP contribution in [0.3, 0.4) is 0 Å². The van der Waals surface area contributed by atoms with E-state index >= 15 is 0 Å². The Morgan fingerprint density at radius 3 is 3.17 bits per heavy atom. The summed E-state index contributed by atoms with van der Waals surface area (Å²) < 4.78 is 18.7. The van der Waals surface area contributed by atoms with E-state index in [0.29, 0.717) is 12.3 Å². The van der Waals surface area contributed by atoms with Crippen LogP contribution in [0.4, 0.5) is 4.39 Å². The third kappa shape index (κ3) is 1.40. The first-order chi connectivity index (χ1) is 5.77. The number of halogens is 1. The van der Waals surface area contributed by atoms with Gasteiger partial charge < -0.3 is 4.74 Å². The van der Waals surface area contributed by atoms with E-state index < -0.39 is 6.17 Å². The van der Waals surface area contributed by atoms with E-state index in [9.17, 15) is 4.39 Å². The molecule has 0 spiro atoms. The quantitative estimate of drug-likeness (QED) is 0.507. The molecule has 1 aliphatic carbocycles. The number of hydrogen-bond acceptors (Lipinski definition) is 1. The molecule has 2 rings (SSSR count). The number of fused-ring (bicyclic) bond motifs is 1. The van der Waals surface area contributed by atoms with Crippen molar-refractivity contribution in [2.75, 3.05) is 6.61 Å². The molecule has 1 aliphatic heterocycles. The van der Waals surface area contributed by atoms with E-state index in [-0.39, 0.29) is 6.10 Å². The van der Waals surface area contributed by atoms with Crippen molar-refractivity contribution in [3.63, 3.8) is 0 Å². The summed E-state index contributed by atoms with van der Waals surface area (Å²) >= 11 is 0. The number of hydrogen-bond donors (Lipinski definition) is 0. The van der Waals surface area contributed by atoms with Gasteiger partial charge >= 0.3 is 0 Å². The monoisotopic (exact) mass is 170 g/mol. The first-order valence-electron chi connectivity index (χ1n) is 4.70. The lowest BCUT2D eigenvalue weighted by molar-refractivity contribution is -0.0511. The van der Waals surface area contributed by atoms with E-state index in [1.54, 1.807) is 0 Å². The van der Waals surface area contributed by atoms with Gasteiger partial charge in [-0.2, -0.15) is 0 Å². The van der Waals surface area contributed by atoms with Crippen molar-refractivity contribution >= 4 is 0 Å². The molecular weight excluding hydrogens is 155 g/mol. The maximum absolute atomic E-state index is 13.2. The Morgan fingerprint density at radius 2 is 2.33 bits per heavy atom. The minimum Gasteiger partial charge on any atom is -0.378 e. The molecule has 1 heterocycles. The zero-order valence-corrected chi connectivity index (χ0v) is 7.26. The Kier molecular flexibility index (Phi) is 2.18. The molecule has 0 radical (unpaired) electrons. The Bertz CT molecular complexity index is 190. The lowest BCUT2D eigenvalue weighted by atomic mass is 9.79. The van der Waals surface area contributed by atoms with Gasteiger partial charge in [-0.3, -0.25) is 0 Å². The molecule has 0 aromatic carbocycles. The average Bonchev–Trinajstić information content (AvgIpc) is 2.07. The molecule has 2 aliphatic rings. The summed E-state index contributed by atoms with van der Waals surface area (Å²) in [6.07, 6.45) is 3.07. The smallest absolute Gasteiger partial charge is 0.123 e. The zero-order chi connectivity index (χ0) is 8.55. The summed E-state index contributed by atoms with van der Waals surface area (Å²) in [6.45, 7) is 4.58. The normalized spacial score (nSPS) is 42.4. The van der Waals surface area contributed by atoms with Crippen molar-refractivity contribution in [2.45, 2.75) is 38.0 Å². The van der Waals surface area contributed by atoms with Gasteiger partial charge in [0.05, 0.1) is 6.10 Å². The molecule has 0 aromatic rings. The van der Waals surface area contributed by atoms with Gasteiger partial charge in [-0.1, -0.05) is 6.58 Å². The van der Waals surface area contributed by atoms with Crippen LogP contribution in [0.5, 0.6) is 0 Å². The van der Waals surface area contributed by atoms with Gasteiger partial charge in [0.25, 0.3) is 0 Å². The average molecular weight is 170 g/mol. The van der Waals surface area contributed by atoms with Gasteiger partial charge in [-0.15, -0.1) is 0 Å². The maximum Gasteiger partial charge on any atom is 0.123 e. The lowest BCUT2D eigenvalue weighted by Crippen LogP contribution is -2.37. The fraction of sp³-hybridized carbons (Fsp3) is 0.800. The van der Waals surface area contributed by atoms with E-state index in [1.165, 1.54) is 6.42 Å². The molecule has 2 heteroatoms. The molecule has 3 atom stereocenters. The molecule has 2 fully saturated rings. The highest BCUT2D eigenvalue weighted by atomic mass is 19.1. The zero-order valence-electron chi connectivity index (χ0n) is 7.26. The van der Waals surface area contributed by atoms with Crippen molar-refractivity contribution in [3.8, 4) is 0 Å². The molecule has 0 bridgehead atoms. The van der Waals surface area contributed by atoms with E-state index in [4.69, 9.17) is 4.74 Å². The van der Waals surface area contributed by atoms with Crippen LogP contribution in [0, 0.1) is 5.92 Å². The van der Waals surface area contributed by atoms with Crippen LogP contribution in [0.25, 0.3) is 0 Å². The Hall–Kier alpha value is -0.370. The molecule has 68 valence electrons. The fourth-order valence-corrected chi connectivity index (χ4v) is 2.23. The lowest BCUT2D eigenvalue weighted by Gasteiger charge is -2.37. The van der Waals surface area contributed by atoms with Crippen LogP contribution in [-0.2, 0) is 4.74 Å². The summed E-state index contributed by atoms with van der Waals surface area (Å²) in [5.41, 5.74) is 0.779. The Balaban J connectivity index is 2.02. The number of rotatable bonds is 0. The van der Waals surface area contributed by atoms with E-state index in [1.807, 2.05) is 0 Å². The van der Waals surface area contributed by atoms with Crippen LogP contribution < -0.4 is 0 Å². The summed E-state index contributed by atoms with van der Waals surface area (Å²) in [6, 6.07) is 0. The van der Waals surface area contributed by atoms with Crippen LogP contribution in [0.1, 0.15) is 25.7 Å². The maximum atomic E-state index is 13.2. The second kappa shape index (κ2) is 3.17. The number of allylic oxidation sites excluding steroid dienone is 1. The largest absolute Gasteiger partial charge is 0.378 e. The summed E-state index contributed by atoms with van der Waals surface area (Å²) in [5.74, 6) is 0.554.